The second-order valence-electron chi connectivity index (χ2n) is 3.95. The van der Waals surface area contributed by atoms with E-state index in [2.05, 4.69) is 0 Å². The van der Waals surface area contributed by atoms with Gasteiger partial charge in [0.25, 0.3) is 0 Å². The lowest BCUT2D eigenvalue weighted by Gasteiger charge is -2.22. The predicted molar refractivity (Wildman–Crippen MR) is 57.0 cm³/mol. The molecule has 4 heteroatoms. The Labute approximate surface area is 89.0 Å². The summed E-state index contributed by atoms with van der Waals surface area (Å²) in [6.45, 7) is 0. The van der Waals surface area contributed by atoms with Crippen LogP contribution in [0.1, 0.15) is 24.3 Å². The van der Waals surface area contributed by atoms with Gasteiger partial charge in [-0.2, -0.15) is 0 Å². The molecule has 0 aliphatic carbocycles. The Morgan fingerprint density at radius 2 is 1.73 bits per heavy atom. The van der Waals surface area contributed by atoms with Crippen molar-refractivity contribution in [2.24, 2.45) is 0 Å². The predicted octanol–water partition coefficient (Wildman–Crippen LogP) is 2.12. The lowest BCUT2D eigenvalue weighted by atomic mass is 9.93. The third-order valence-corrected chi connectivity index (χ3v) is 4.62. The number of halogens is 1. The van der Waals surface area contributed by atoms with Gasteiger partial charge in [0.1, 0.15) is 15.7 Å². The van der Waals surface area contributed by atoms with Crippen LogP contribution in [0.3, 0.4) is 0 Å². The molecule has 2 rings (SSSR count). The van der Waals surface area contributed by atoms with Crippen LogP contribution in [-0.2, 0) is 9.84 Å². The maximum absolute atomic E-state index is 13.4. The highest BCUT2D eigenvalue weighted by Gasteiger charge is 2.25. The van der Waals surface area contributed by atoms with E-state index in [1.165, 1.54) is 6.07 Å². The Morgan fingerprint density at radius 3 is 2.33 bits per heavy atom. The van der Waals surface area contributed by atoms with Crippen LogP contribution < -0.4 is 0 Å². The van der Waals surface area contributed by atoms with Gasteiger partial charge in [0.05, 0.1) is 11.5 Å². The van der Waals surface area contributed by atoms with Crippen LogP contribution in [0.15, 0.2) is 24.3 Å². The molecular weight excluding hydrogens is 215 g/mol. The lowest BCUT2D eigenvalue weighted by Crippen LogP contribution is -2.22. The van der Waals surface area contributed by atoms with Crippen molar-refractivity contribution in [2.45, 2.75) is 18.8 Å². The van der Waals surface area contributed by atoms with Crippen LogP contribution in [-0.4, -0.2) is 19.9 Å². The van der Waals surface area contributed by atoms with Crippen molar-refractivity contribution in [3.8, 4) is 0 Å². The summed E-state index contributed by atoms with van der Waals surface area (Å²) >= 11 is 0. The molecule has 82 valence electrons. The maximum Gasteiger partial charge on any atom is 0.150 e. The van der Waals surface area contributed by atoms with Gasteiger partial charge in [-0.3, -0.25) is 0 Å². The van der Waals surface area contributed by atoms with Crippen molar-refractivity contribution in [2.75, 3.05) is 11.5 Å². The molecule has 0 amide bonds. The van der Waals surface area contributed by atoms with E-state index in [0.717, 1.165) is 0 Å². The highest BCUT2D eigenvalue weighted by Crippen LogP contribution is 2.30. The molecule has 15 heavy (non-hydrogen) atoms. The molecule has 1 aromatic rings. The van der Waals surface area contributed by atoms with Crippen molar-refractivity contribution in [3.63, 3.8) is 0 Å². The molecular formula is C11H13FO2S. The first kappa shape index (κ1) is 10.6. The maximum atomic E-state index is 13.4. The zero-order valence-electron chi connectivity index (χ0n) is 8.32. The number of hydrogen-bond acceptors (Lipinski definition) is 2. The average Bonchev–Trinajstić information content (AvgIpc) is 2.19. The normalized spacial score (nSPS) is 21.4. The first-order chi connectivity index (χ1) is 7.08. The quantitative estimate of drug-likeness (QED) is 0.737. The van der Waals surface area contributed by atoms with Crippen LogP contribution in [0.4, 0.5) is 4.39 Å². The van der Waals surface area contributed by atoms with E-state index in [-0.39, 0.29) is 23.2 Å². The molecule has 0 atom stereocenters. The van der Waals surface area contributed by atoms with Gasteiger partial charge in [0.15, 0.2) is 0 Å². The van der Waals surface area contributed by atoms with Crippen LogP contribution >= 0.6 is 0 Å². The molecule has 1 aliphatic heterocycles. The first-order valence-electron chi connectivity index (χ1n) is 5.03. The molecule has 2 nitrogen and oxygen atoms in total. The molecule has 0 N–H and O–H groups in total. The fraction of sp³-hybridized carbons (Fsp3) is 0.455. The Kier molecular flexibility index (Phi) is 2.78. The van der Waals surface area contributed by atoms with Gasteiger partial charge in [-0.1, -0.05) is 18.2 Å². The van der Waals surface area contributed by atoms with E-state index in [9.17, 15) is 12.8 Å². The van der Waals surface area contributed by atoms with E-state index in [0.29, 0.717) is 18.4 Å². The Balaban J connectivity index is 2.18. The highest BCUT2D eigenvalue weighted by atomic mass is 32.2. The minimum atomic E-state index is -2.86. The van der Waals surface area contributed by atoms with Crippen molar-refractivity contribution in [3.05, 3.63) is 35.6 Å². The zero-order chi connectivity index (χ0) is 10.9. The lowest BCUT2D eigenvalue weighted by molar-refractivity contribution is 0.526. The van der Waals surface area contributed by atoms with Gasteiger partial charge < -0.3 is 0 Å². The summed E-state index contributed by atoms with van der Waals surface area (Å²) < 4.78 is 35.9. The summed E-state index contributed by atoms with van der Waals surface area (Å²) in [4.78, 5) is 0. The summed E-state index contributed by atoms with van der Waals surface area (Å²) in [5, 5.41) is 0. The molecule has 1 heterocycles. The average molecular weight is 228 g/mol. The molecule has 0 radical (unpaired) electrons. The van der Waals surface area contributed by atoms with Crippen molar-refractivity contribution in [1.29, 1.82) is 0 Å². The van der Waals surface area contributed by atoms with Gasteiger partial charge in [0, 0.05) is 0 Å². The van der Waals surface area contributed by atoms with Crippen LogP contribution in [0, 0.1) is 5.82 Å². The minimum Gasteiger partial charge on any atom is -0.229 e. The second kappa shape index (κ2) is 3.93. The molecule has 0 unspecified atom stereocenters. The number of sulfone groups is 1. The van der Waals surface area contributed by atoms with Gasteiger partial charge in [-0.05, 0) is 30.4 Å². The van der Waals surface area contributed by atoms with Crippen LogP contribution in [0.2, 0.25) is 0 Å². The Morgan fingerprint density at radius 1 is 1.13 bits per heavy atom. The van der Waals surface area contributed by atoms with Gasteiger partial charge in [-0.15, -0.1) is 0 Å². The monoisotopic (exact) mass is 228 g/mol. The fourth-order valence-electron chi connectivity index (χ4n) is 2.01. The van der Waals surface area contributed by atoms with Crippen molar-refractivity contribution in [1.82, 2.24) is 0 Å². The third-order valence-electron chi connectivity index (χ3n) is 2.90. The van der Waals surface area contributed by atoms with Crippen LogP contribution in [0.5, 0.6) is 0 Å². The summed E-state index contributed by atoms with van der Waals surface area (Å²) in [5.41, 5.74) is 0.660. The summed E-state index contributed by atoms with van der Waals surface area (Å²) in [7, 11) is -2.86. The summed E-state index contributed by atoms with van der Waals surface area (Å²) in [6.07, 6.45) is 1.09. The zero-order valence-corrected chi connectivity index (χ0v) is 9.13. The molecule has 0 saturated carbocycles. The molecule has 1 fully saturated rings. The molecule has 0 spiro atoms. The second-order valence-corrected chi connectivity index (χ2v) is 6.25. The molecule has 1 aliphatic rings. The largest absolute Gasteiger partial charge is 0.229 e. The van der Waals surface area contributed by atoms with E-state index in [4.69, 9.17) is 0 Å². The van der Waals surface area contributed by atoms with Crippen molar-refractivity contribution >= 4 is 9.84 Å². The number of hydrogen-bond donors (Lipinski definition) is 0. The fourth-order valence-corrected chi connectivity index (χ4v) is 3.50. The van der Waals surface area contributed by atoms with Crippen molar-refractivity contribution < 1.29 is 12.8 Å². The van der Waals surface area contributed by atoms with Gasteiger partial charge in [-0.25, -0.2) is 12.8 Å². The summed E-state index contributed by atoms with van der Waals surface area (Å²) in [5.74, 6) is 0.217. The van der Waals surface area contributed by atoms with Gasteiger partial charge in [0.2, 0.25) is 0 Å². The van der Waals surface area contributed by atoms with Crippen LogP contribution in [0.25, 0.3) is 0 Å². The third kappa shape index (κ3) is 2.37. The standard InChI is InChI=1S/C11H13FO2S/c12-11-4-2-1-3-10(11)9-5-7-15(13,14)8-6-9/h1-4,9H,5-8H2. The Hall–Kier alpha value is -0.900. The van der Waals surface area contributed by atoms with E-state index >= 15 is 0 Å². The SMILES string of the molecule is O=S1(=O)CCC(c2ccccc2F)CC1. The molecule has 1 aromatic carbocycles. The highest BCUT2D eigenvalue weighted by molar-refractivity contribution is 7.91. The smallest absolute Gasteiger partial charge is 0.150 e. The van der Waals surface area contributed by atoms with Gasteiger partial charge >= 0.3 is 0 Å². The Bertz CT molecular complexity index is 439. The first-order valence-corrected chi connectivity index (χ1v) is 6.85. The minimum absolute atomic E-state index is 0.0646. The number of rotatable bonds is 1. The molecule has 0 aromatic heterocycles. The molecule has 1 saturated heterocycles. The summed E-state index contributed by atoms with van der Waals surface area (Å²) in [6, 6.07) is 6.62. The van der Waals surface area contributed by atoms with E-state index in [1.807, 2.05) is 0 Å². The van der Waals surface area contributed by atoms with E-state index < -0.39 is 9.84 Å². The molecule has 0 bridgehead atoms. The number of benzene rings is 1. The topological polar surface area (TPSA) is 34.1 Å². The van der Waals surface area contributed by atoms with E-state index in [1.54, 1.807) is 18.2 Å².